The van der Waals surface area contributed by atoms with Crippen LogP contribution in [0.15, 0.2) is 53.4 Å². The highest BCUT2D eigenvalue weighted by molar-refractivity contribution is 7.89. The van der Waals surface area contributed by atoms with Gasteiger partial charge in [-0.05, 0) is 43.5 Å². The Bertz CT molecular complexity index is 849. The van der Waals surface area contributed by atoms with Gasteiger partial charge in [0.25, 0.3) is 0 Å². The highest BCUT2D eigenvalue weighted by Gasteiger charge is 2.35. The number of carbonyl (C=O) groups excluding carboxylic acids is 1. The summed E-state index contributed by atoms with van der Waals surface area (Å²) in [4.78, 5) is 11.6. The highest BCUT2D eigenvalue weighted by Crippen LogP contribution is 2.27. The minimum Gasteiger partial charge on any atom is -0.491 e. The predicted octanol–water partition coefficient (Wildman–Crippen LogP) is 3.04. The van der Waals surface area contributed by atoms with Crippen LogP contribution in [0.5, 0.6) is 5.75 Å². The maximum Gasteiger partial charge on any atom is 0.243 e. The molecule has 1 aliphatic rings. The van der Waals surface area contributed by atoms with Crippen molar-refractivity contribution in [2.75, 3.05) is 13.2 Å². The van der Waals surface area contributed by atoms with E-state index in [4.69, 9.17) is 4.74 Å². The zero-order valence-electron chi connectivity index (χ0n) is 14.1. The van der Waals surface area contributed by atoms with Crippen LogP contribution in [0.1, 0.15) is 28.8 Å². The van der Waals surface area contributed by atoms with E-state index in [9.17, 15) is 13.2 Å². The second-order valence-corrected chi connectivity index (χ2v) is 8.03. The molecular formula is C19H21NO4S. The molecule has 0 N–H and O–H groups in total. The van der Waals surface area contributed by atoms with Gasteiger partial charge >= 0.3 is 0 Å². The molecule has 25 heavy (non-hydrogen) atoms. The summed E-state index contributed by atoms with van der Waals surface area (Å²) >= 11 is 0. The van der Waals surface area contributed by atoms with E-state index in [1.54, 1.807) is 36.4 Å². The number of carbonyl (C=O) groups is 1. The van der Waals surface area contributed by atoms with E-state index in [1.807, 2.05) is 19.1 Å². The van der Waals surface area contributed by atoms with Gasteiger partial charge in [0.15, 0.2) is 6.29 Å². The van der Waals surface area contributed by atoms with Gasteiger partial charge in [-0.2, -0.15) is 4.31 Å². The second kappa shape index (κ2) is 7.37. The normalized spacial score (nSPS) is 18.2. The van der Waals surface area contributed by atoms with E-state index in [0.29, 0.717) is 22.8 Å². The van der Waals surface area contributed by atoms with E-state index in [0.717, 1.165) is 24.7 Å². The molecule has 2 aromatic carbocycles. The van der Waals surface area contributed by atoms with Crippen LogP contribution in [0.25, 0.3) is 0 Å². The number of rotatable bonds is 6. The molecular weight excluding hydrogens is 338 g/mol. The Hall–Kier alpha value is -2.18. The SMILES string of the molecule is Cc1cccc(OC[C@@H]2CCCN2S(=O)(=O)c2ccccc2)c1C=O. The smallest absolute Gasteiger partial charge is 0.243 e. The lowest BCUT2D eigenvalue weighted by Crippen LogP contribution is -2.39. The van der Waals surface area contributed by atoms with Gasteiger partial charge in [0.05, 0.1) is 16.5 Å². The van der Waals surface area contributed by atoms with Crippen molar-refractivity contribution in [2.45, 2.75) is 30.7 Å². The van der Waals surface area contributed by atoms with Crippen LogP contribution in [0.4, 0.5) is 0 Å². The summed E-state index contributed by atoms with van der Waals surface area (Å²) < 4.78 is 33.0. The Labute approximate surface area is 148 Å². The fourth-order valence-electron chi connectivity index (χ4n) is 3.14. The third-order valence-electron chi connectivity index (χ3n) is 4.51. The molecule has 2 aromatic rings. The van der Waals surface area contributed by atoms with Gasteiger partial charge in [-0.3, -0.25) is 4.79 Å². The summed E-state index contributed by atoms with van der Waals surface area (Å²) in [6.45, 7) is 2.56. The van der Waals surface area contributed by atoms with Crippen molar-refractivity contribution in [1.29, 1.82) is 0 Å². The van der Waals surface area contributed by atoms with Gasteiger partial charge in [0.2, 0.25) is 10.0 Å². The molecule has 1 atom stereocenters. The molecule has 3 rings (SSSR count). The van der Waals surface area contributed by atoms with Gasteiger partial charge < -0.3 is 4.74 Å². The van der Waals surface area contributed by atoms with Crippen LogP contribution in [0.2, 0.25) is 0 Å². The van der Waals surface area contributed by atoms with Gasteiger partial charge in [0, 0.05) is 6.54 Å². The molecule has 5 nitrogen and oxygen atoms in total. The maximum atomic E-state index is 12.8. The van der Waals surface area contributed by atoms with Crippen molar-refractivity contribution in [1.82, 2.24) is 4.31 Å². The fraction of sp³-hybridized carbons (Fsp3) is 0.316. The topological polar surface area (TPSA) is 63.7 Å². The molecule has 132 valence electrons. The first-order valence-electron chi connectivity index (χ1n) is 8.28. The van der Waals surface area contributed by atoms with Crippen molar-refractivity contribution in [3.05, 3.63) is 59.7 Å². The van der Waals surface area contributed by atoms with Crippen molar-refractivity contribution >= 4 is 16.3 Å². The lowest BCUT2D eigenvalue weighted by molar-refractivity contribution is 0.111. The number of hydrogen-bond acceptors (Lipinski definition) is 4. The van der Waals surface area contributed by atoms with Crippen LogP contribution < -0.4 is 4.74 Å². The first-order valence-corrected chi connectivity index (χ1v) is 9.72. The maximum absolute atomic E-state index is 12.8. The summed E-state index contributed by atoms with van der Waals surface area (Å²) in [7, 11) is -3.53. The van der Waals surface area contributed by atoms with E-state index in [-0.39, 0.29) is 12.6 Å². The molecule has 0 aliphatic carbocycles. The van der Waals surface area contributed by atoms with Crippen LogP contribution >= 0.6 is 0 Å². The van der Waals surface area contributed by atoms with Crippen LogP contribution in [0, 0.1) is 6.92 Å². The summed E-state index contributed by atoms with van der Waals surface area (Å²) in [6, 6.07) is 13.6. The lowest BCUT2D eigenvalue weighted by atomic mass is 10.1. The third kappa shape index (κ3) is 3.60. The van der Waals surface area contributed by atoms with Crippen molar-refractivity contribution in [3.63, 3.8) is 0 Å². The lowest BCUT2D eigenvalue weighted by Gasteiger charge is -2.24. The molecule has 1 saturated heterocycles. The van der Waals surface area contributed by atoms with Gasteiger partial charge in [-0.15, -0.1) is 0 Å². The van der Waals surface area contributed by atoms with Crippen molar-refractivity contribution in [2.24, 2.45) is 0 Å². The highest BCUT2D eigenvalue weighted by atomic mass is 32.2. The molecule has 0 saturated carbocycles. The van der Waals surface area contributed by atoms with Gasteiger partial charge in [-0.1, -0.05) is 30.3 Å². The van der Waals surface area contributed by atoms with Crippen LogP contribution in [-0.4, -0.2) is 38.2 Å². The van der Waals surface area contributed by atoms with E-state index >= 15 is 0 Å². The quantitative estimate of drug-likeness (QED) is 0.744. The molecule has 0 aromatic heterocycles. The van der Waals surface area contributed by atoms with Crippen molar-refractivity contribution < 1.29 is 17.9 Å². The summed E-state index contributed by atoms with van der Waals surface area (Å²) in [5, 5.41) is 0. The van der Waals surface area contributed by atoms with Gasteiger partial charge in [-0.25, -0.2) is 8.42 Å². The summed E-state index contributed by atoms with van der Waals surface area (Å²) in [5.74, 6) is 0.499. The first-order chi connectivity index (χ1) is 12.0. The molecule has 6 heteroatoms. The number of benzene rings is 2. The largest absolute Gasteiger partial charge is 0.491 e. The third-order valence-corrected chi connectivity index (χ3v) is 6.47. The molecule has 0 spiro atoms. The van der Waals surface area contributed by atoms with E-state index < -0.39 is 10.0 Å². The molecule has 0 bridgehead atoms. The first kappa shape index (κ1) is 17.6. The average Bonchev–Trinajstić information content (AvgIpc) is 3.10. The standard InChI is InChI=1S/C19H21NO4S/c1-15-7-5-11-19(18(15)13-21)24-14-16-8-6-12-20(16)25(22,23)17-9-3-2-4-10-17/h2-5,7,9-11,13,16H,6,8,12,14H2,1H3/t16-/m0/s1. The summed E-state index contributed by atoms with van der Waals surface area (Å²) in [5.41, 5.74) is 1.35. The Morgan fingerprint density at radius 2 is 1.92 bits per heavy atom. The Kier molecular flexibility index (Phi) is 5.20. The van der Waals surface area contributed by atoms with Crippen LogP contribution in [0.3, 0.4) is 0 Å². The number of aldehydes is 1. The molecule has 1 fully saturated rings. The number of aryl methyl sites for hydroxylation is 1. The molecule has 1 heterocycles. The predicted molar refractivity (Wildman–Crippen MR) is 95.4 cm³/mol. The number of hydrogen-bond donors (Lipinski definition) is 0. The Balaban J connectivity index is 1.77. The minimum atomic E-state index is -3.53. The van der Waals surface area contributed by atoms with Crippen molar-refractivity contribution in [3.8, 4) is 5.75 Å². The summed E-state index contributed by atoms with van der Waals surface area (Å²) in [6.07, 6.45) is 2.32. The fourth-order valence-corrected chi connectivity index (χ4v) is 4.84. The van der Waals surface area contributed by atoms with E-state index in [2.05, 4.69) is 0 Å². The Morgan fingerprint density at radius 3 is 2.64 bits per heavy atom. The Morgan fingerprint density at radius 1 is 1.16 bits per heavy atom. The van der Waals surface area contributed by atoms with E-state index in [1.165, 1.54) is 4.31 Å². The average molecular weight is 359 g/mol. The second-order valence-electron chi connectivity index (χ2n) is 6.14. The number of nitrogens with zero attached hydrogens (tertiary/aromatic N) is 1. The van der Waals surface area contributed by atoms with Gasteiger partial charge in [0.1, 0.15) is 12.4 Å². The zero-order chi connectivity index (χ0) is 17.9. The van der Waals surface area contributed by atoms with Crippen LogP contribution in [-0.2, 0) is 10.0 Å². The molecule has 0 amide bonds. The monoisotopic (exact) mass is 359 g/mol. The molecule has 0 radical (unpaired) electrons. The molecule has 0 unspecified atom stereocenters. The minimum absolute atomic E-state index is 0.231. The zero-order valence-corrected chi connectivity index (χ0v) is 14.9. The number of ether oxygens (including phenoxy) is 1. The number of sulfonamides is 1. The molecule has 1 aliphatic heterocycles.